The van der Waals surface area contributed by atoms with Crippen molar-refractivity contribution in [2.75, 3.05) is 13.1 Å². The summed E-state index contributed by atoms with van der Waals surface area (Å²) in [6.07, 6.45) is 2.39. The molecular weight excluding hydrogens is 283 g/mol. The smallest absolute Gasteiger partial charge is 0.218 e. The summed E-state index contributed by atoms with van der Waals surface area (Å²) < 4.78 is 19.5. The van der Waals surface area contributed by atoms with Gasteiger partial charge in [-0.3, -0.25) is 4.90 Å². The van der Waals surface area contributed by atoms with E-state index in [1.807, 2.05) is 13.8 Å². The van der Waals surface area contributed by atoms with E-state index in [4.69, 9.17) is 4.42 Å². The maximum atomic E-state index is 13.8. The van der Waals surface area contributed by atoms with Crippen LogP contribution in [0.15, 0.2) is 28.8 Å². The van der Waals surface area contributed by atoms with Crippen molar-refractivity contribution >= 4 is 0 Å². The molecule has 0 unspecified atom stereocenters. The Morgan fingerprint density at radius 1 is 1.36 bits per heavy atom. The highest BCUT2D eigenvalue weighted by Gasteiger charge is 2.36. The third-order valence-corrected chi connectivity index (χ3v) is 4.54. The van der Waals surface area contributed by atoms with Crippen LogP contribution in [0.5, 0.6) is 0 Å². The van der Waals surface area contributed by atoms with Gasteiger partial charge in [-0.25, -0.2) is 4.98 Å². The molecule has 22 heavy (non-hydrogen) atoms. The minimum Gasteiger partial charge on any atom is -0.465 e. The standard InChI is InChI=1S/C17H21FN2O2/c1-12-10-14(22-13(12)2)11-20-8-5-17(21,6-9-20)15-4-3-7-19-16(15)18/h3-4,7,10,21H,5-6,8-9,11H2,1-2H3. The first-order valence-electron chi connectivity index (χ1n) is 7.59. The molecule has 1 aliphatic heterocycles. The first kappa shape index (κ1) is 15.2. The van der Waals surface area contributed by atoms with Crippen molar-refractivity contribution in [1.29, 1.82) is 0 Å². The predicted molar refractivity (Wildman–Crippen MR) is 80.8 cm³/mol. The Morgan fingerprint density at radius 3 is 2.68 bits per heavy atom. The molecule has 1 N–H and O–H groups in total. The van der Waals surface area contributed by atoms with Crippen molar-refractivity contribution in [3.05, 3.63) is 53.0 Å². The lowest BCUT2D eigenvalue weighted by molar-refractivity contribution is -0.0319. The van der Waals surface area contributed by atoms with E-state index in [2.05, 4.69) is 16.0 Å². The predicted octanol–water partition coefficient (Wildman–Crippen LogP) is 2.91. The quantitative estimate of drug-likeness (QED) is 0.886. The van der Waals surface area contributed by atoms with Crippen LogP contribution in [0.3, 0.4) is 0 Å². The third kappa shape index (κ3) is 2.91. The van der Waals surface area contributed by atoms with Gasteiger partial charge in [0.05, 0.1) is 12.1 Å². The van der Waals surface area contributed by atoms with E-state index < -0.39 is 11.5 Å². The number of aromatic nitrogens is 1. The van der Waals surface area contributed by atoms with Crippen molar-refractivity contribution in [2.24, 2.45) is 0 Å². The molecule has 0 aromatic carbocycles. The molecule has 2 aromatic rings. The molecule has 1 fully saturated rings. The Kier molecular flexibility index (Phi) is 4.02. The van der Waals surface area contributed by atoms with Gasteiger partial charge in [-0.15, -0.1) is 0 Å². The molecule has 2 aromatic heterocycles. The van der Waals surface area contributed by atoms with Crippen molar-refractivity contribution in [2.45, 2.75) is 38.8 Å². The van der Waals surface area contributed by atoms with Gasteiger partial charge in [0.1, 0.15) is 11.5 Å². The van der Waals surface area contributed by atoms with E-state index in [0.29, 0.717) is 31.5 Å². The zero-order valence-corrected chi connectivity index (χ0v) is 13.0. The summed E-state index contributed by atoms with van der Waals surface area (Å²) >= 11 is 0. The summed E-state index contributed by atoms with van der Waals surface area (Å²) in [5.74, 6) is 1.31. The van der Waals surface area contributed by atoms with Crippen LogP contribution >= 0.6 is 0 Å². The van der Waals surface area contributed by atoms with Gasteiger partial charge < -0.3 is 9.52 Å². The molecule has 3 heterocycles. The van der Waals surface area contributed by atoms with Gasteiger partial charge in [-0.05, 0) is 44.4 Å². The summed E-state index contributed by atoms with van der Waals surface area (Å²) in [7, 11) is 0. The van der Waals surface area contributed by atoms with Crippen LogP contribution in [0.2, 0.25) is 0 Å². The van der Waals surface area contributed by atoms with Crippen molar-refractivity contribution < 1.29 is 13.9 Å². The number of nitrogens with zero attached hydrogens (tertiary/aromatic N) is 2. The highest BCUT2D eigenvalue weighted by molar-refractivity contribution is 5.21. The molecular formula is C17H21FN2O2. The van der Waals surface area contributed by atoms with Crippen LogP contribution in [0.1, 0.15) is 35.5 Å². The molecule has 0 atom stereocenters. The zero-order valence-electron chi connectivity index (χ0n) is 13.0. The zero-order chi connectivity index (χ0) is 15.7. The number of pyridine rings is 1. The van der Waals surface area contributed by atoms with Crippen LogP contribution in [0.4, 0.5) is 4.39 Å². The molecule has 5 heteroatoms. The van der Waals surface area contributed by atoms with Crippen LogP contribution in [-0.2, 0) is 12.1 Å². The van der Waals surface area contributed by atoms with E-state index in [1.165, 1.54) is 6.20 Å². The first-order valence-corrected chi connectivity index (χ1v) is 7.59. The third-order valence-electron chi connectivity index (χ3n) is 4.54. The van der Waals surface area contributed by atoms with Crippen LogP contribution in [0.25, 0.3) is 0 Å². The maximum absolute atomic E-state index is 13.8. The maximum Gasteiger partial charge on any atom is 0.218 e. The van der Waals surface area contributed by atoms with Gasteiger partial charge in [-0.1, -0.05) is 6.07 Å². The summed E-state index contributed by atoms with van der Waals surface area (Å²) in [6.45, 7) is 6.11. The summed E-state index contributed by atoms with van der Waals surface area (Å²) in [4.78, 5) is 5.87. The summed E-state index contributed by atoms with van der Waals surface area (Å²) in [5, 5.41) is 10.7. The molecule has 3 rings (SSSR count). The summed E-state index contributed by atoms with van der Waals surface area (Å²) in [6, 6.07) is 5.34. The van der Waals surface area contributed by atoms with Gasteiger partial charge in [0, 0.05) is 24.8 Å². The van der Waals surface area contributed by atoms with Crippen molar-refractivity contribution in [3.8, 4) is 0 Å². The summed E-state index contributed by atoms with van der Waals surface area (Å²) in [5.41, 5.74) is 0.337. The molecule has 0 radical (unpaired) electrons. The van der Waals surface area contributed by atoms with E-state index in [9.17, 15) is 9.50 Å². The number of rotatable bonds is 3. The molecule has 0 aliphatic carbocycles. The fraction of sp³-hybridized carbons (Fsp3) is 0.471. The second-order valence-electron chi connectivity index (χ2n) is 6.10. The first-order chi connectivity index (χ1) is 10.5. The Labute approximate surface area is 129 Å². The number of piperidine rings is 1. The number of hydrogen-bond donors (Lipinski definition) is 1. The highest BCUT2D eigenvalue weighted by Crippen LogP contribution is 2.34. The van der Waals surface area contributed by atoms with Gasteiger partial charge in [0.25, 0.3) is 0 Å². The second kappa shape index (κ2) is 5.82. The lowest BCUT2D eigenvalue weighted by atomic mass is 9.85. The van der Waals surface area contributed by atoms with E-state index in [1.54, 1.807) is 12.1 Å². The molecule has 0 amide bonds. The number of furan rings is 1. The van der Waals surface area contributed by atoms with E-state index in [0.717, 1.165) is 23.6 Å². The minimum atomic E-state index is -1.12. The number of aryl methyl sites for hydroxylation is 2. The molecule has 4 nitrogen and oxygen atoms in total. The van der Waals surface area contributed by atoms with Crippen LogP contribution in [0, 0.1) is 19.8 Å². The normalized spacial score (nSPS) is 18.5. The van der Waals surface area contributed by atoms with Gasteiger partial charge in [-0.2, -0.15) is 4.39 Å². The number of aliphatic hydroxyl groups is 1. The van der Waals surface area contributed by atoms with E-state index in [-0.39, 0.29) is 0 Å². The number of halogens is 1. The highest BCUT2D eigenvalue weighted by atomic mass is 19.1. The van der Waals surface area contributed by atoms with Crippen LogP contribution < -0.4 is 0 Å². The van der Waals surface area contributed by atoms with Gasteiger partial charge >= 0.3 is 0 Å². The van der Waals surface area contributed by atoms with Gasteiger partial charge in [0.15, 0.2) is 0 Å². The fourth-order valence-electron chi connectivity index (χ4n) is 3.03. The average molecular weight is 304 g/mol. The van der Waals surface area contributed by atoms with Gasteiger partial charge in [0.2, 0.25) is 5.95 Å². The molecule has 0 saturated carbocycles. The molecule has 0 bridgehead atoms. The molecule has 1 saturated heterocycles. The SMILES string of the molecule is Cc1cc(CN2CCC(O)(c3cccnc3F)CC2)oc1C. The minimum absolute atomic E-state index is 0.305. The lowest BCUT2D eigenvalue weighted by Gasteiger charge is -2.38. The van der Waals surface area contributed by atoms with Crippen molar-refractivity contribution in [1.82, 2.24) is 9.88 Å². The second-order valence-corrected chi connectivity index (χ2v) is 6.10. The average Bonchev–Trinajstić information content (AvgIpc) is 2.80. The Hall–Kier alpha value is -1.72. The Bertz CT molecular complexity index is 641. The number of hydrogen-bond acceptors (Lipinski definition) is 4. The molecule has 0 spiro atoms. The largest absolute Gasteiger partial charge is 0.465 e. The molecule has 118 valence electrons. The van der Waals surface area contributed by atoms with Crippen LogP contribution in [-0.4, -0.2) is 28.1 Å². The topological polar surface area (TPSA) is 49.5 Å². The number of likely N-dealkylation sites (tertiary alicyclic amines) is 1. The van der Waals surface area contributed by atoms with E-state index >= 15 is 0 Å². The lowest BCUT2D eigenvalue weighted by Crippen LogP contribution is -2.42. The fourth-order valence-corrected chi connectivity index (χ4v) is 3.03. The Morgan fingerprint density at radius 2 is 2.09 bits per heavy atom. The molecule has 1 aliphatic rings. The Balaban J connectivity index is 1.66. The monoisotopic (exact) mass is 304 g/mol. The van der Waals surface area contributed by atoms with Crippen molar-refractivity contribution in [3.63, 3.8) is 0 Å².